The van der Waals surface area contributed by atoms with Gasteiger partial charge in [0.1, 0.15) is 5.75 Å². The van der Waals surface area contributed by atoms with Gasteiger partial charge >= 0.3 is 0 Å². The maximum atomic E-state index is 10.1. The van der Waals surface area contributed by atoms with E-state index < -0.39 is 0 Å². The number of benzene rings is 1. The molecule has 2 rings (SSSR count). The Morgan fingerprint density at radius 2 is 1.14 bits per heavy atom. The standard InChI is InChI=1S/C28H46N4OS2/c1-5-7-9-11-13-15-17-34-27-30-26(29-21-24-19-22(3)25(33)23(4)20-24)31-28(32-27)35-18-16-14-12-10-8-6-2/h19-20,33H,5-18,21H2,1-4H3,(H,29,30,31,32). The van der Waals surface area contributed by atoms with Crippen molar-refractivity contribution in [3.63, 3.8) is 0 Å². The minimum absolute atomic E-state index is 0.371. The van der Waals surface area contributed by atoms with E-state index in [2.05, 4.69) is 19.2 Å². The molecule has 0 aliphatic carbocycles. The minimum atomic E-state index is 0.371. The molecule has 0 spiro atoms. The van der Waals surface area contributed by atoms with Gasteiger partial charge < -0.3 is 10.4 Å². The molecule has 0 unspecified atom stereocenters. The normalized spacial score (nSPS) is 11.2. The molecule has 2 aromatic rings. The first-order chi connectivity index (χ1) is 17.0. The lowest BCUT2D eigenvalue weighted by atomic mass is 10.1. The van der Waals surface area contributed by atoms with Crippen LogP contribution in [-0.2, 0) is 6.54 Å². The van der Waals surface area contributed by atoms with E-state index in [1.54, 1.807) is 23.5 Å². The van der Waals surface area contributed by atoms with Gasteiger partial charge in [0, 0.05) is 18.1 Å². The first kappa shape index (κ1) is 29.8. The molecule has 0 aliphatic rings. The predicted octanol–water partition coefficient (Wildman–Crippen LogP) is 8.71. The zero-order valence-electron chi connectivity index (χ0n) is 22.4. The summed E-state index contributed by atoms with van der Waals surface area (Å²) in [5.41, 5.74) is 2.89. The van der Waals surface area contributed by atoms with Crippen molar-refractivity contribution in [1.29, 1.82) is 0 Å². The van der Waals surface area contributed by atoms with Gasteiger partial charge in [0.25, 0.3) is 0 Å². The Hall–Kier alpha value is -1.47. The molecule has 7 heteroatoms. The molecule has 1 aromatic heterocycles. The molecule has 0 saturated carbocycles. The topological polar surface area (TPSA) is 70.9 Å². The molecule has 0 amide bonds. The molecule has 1 aromatic carbocycles. The average Bonchev–Trinajstić information content (AvgIpc) is 2.85. The average molecular weight is 519 g/mol. The van der Waals surface area contributed by atoms with E-state index in [0.29, 0.717) is 18.2 Å². The molecule has 196 valence electrons. The Morgan fingerprint density at radius 1 is 0.686 bits per heavy atom. The number of nitrogens with zero attached hydrogens (tertiary/aromatic N) is 3. The lowest BCUT2D eigenvalue weighted by Gasteiger charge is -2.11. The van der Waals surface area contributed by atoms with Crippen LogP contribution < -0.4 is 5.32 Å². The van der Waals surface area contributed by atoms with Gasteiger partial charge in [-0.3, -0.25) is 0 Å². The summed E-state index contributed by atoms with van der Waals surface area (Å²) in [6, 6.07) is 4.03. The van der Waals surface area contributed by atoms with Crippen LogP contribution in [-0.4, -0.2) is 31.6 Å². The summed E-state index contributed by atoms with van der Waals surface area (Å²) in [4.78, 5) is 14.2. The number of aromatic nitrogens is 3. The Labute approximate surface area is 222 Å². The molecule has 0 radical (unpaired) electrons. The van der Waals surface area contributed by atoms with E-state index >= 15 is 0 Å². The highest BCUT2D eigenvalue weighted by Gasteiger charge is 2.09. The highest BCUT2D eigenvalue weighted by molar-refractivity contribution is 7.99. The zero-order chi connectivity index (χ0) is 25.3. The molecule has 0 bridgehead atoms. The number of aryl methyl sites for hydroxylation is 2. The van der Waals surface area contributed by atoms with Crippen molar-refractivity contribution < 1.29 is 5.11 Å². The third kappa shape index (κ3) is 12.4. The number of thioether (sulfide) groups is 2. The van der Waals surface area contributed by atoms with Crippen LogP contribution in [0, 0.1) is 13.8 Å². The van der Waals surface area contributed by atoms with E-state index in [-0.39, 0.29) is 0 Å². The van der Waals surface area contributed by atoms with E-state index in [0.717, 1.165) is 38.5 Å². The fourth-order valence-corrected chi connectivity index (χ4v) is 5.69. The first-order valence-electron chi connectivity index (χ1n) is 13.6. The summed E-state index contributed by atoms with van der Waals surface area (Å²) >= 11 is 3.49. The van der Waals surface area contributed by atoms with Gasteiger partial charge in [-0.25, -0.2) is 0 Å². The summed E-state index contributed by atoms with van der Waals surface area (Å²) in [6.07, 6.45) is 15.6. The van der Waals surface area contributed by atoms with Gasteiger partial charge in [-0.15, -0.1) is 0 Å². The van der Waals surface area contributed by atoms with Crippen LogP contribution in [0.15, 0.2) is 22.4 Å². The number of unbranched alkanes of at least 4 members (excludes halogenated alkanes) is 10. The first-order valence-corrected chi connectivity index (χ1v) is 15.5. The molecular formula is C28H46N4OS2. The highest BCUT2D eigenvalue weighted by Crippen LogP contribution is 2.25. The molecular weight excluding hydrogens is 472 g/mol. The molecule has 0 aliphatic heterocycles. The van der Waals surface area contributed by atoms with E-state index in [1.807, 2.05) is 26.0 Å². The van der Waals surface area contributed by atoms with Crippen molar-refractivity contribution in [2.45, 2.75) is 122 Å². The largest absolute Gasteiger partial charge is 0.507 e. The van der Waals surface area contributed by atoms with Gasteiger partial charge in [-0.2, -0.15) is 15.0 Å². The fourth-order valence-electron chi connectivity index (χ4n) is 3.97. The molecule has 0 fully saturated rings. The highest BCUT2D eigenvalue weighted by atomic mass is 32.2. The molecule has 2 N–H and O–H groups in total. The monoisotopic (exact) mass is 518 g/mol. The number of rotatable bonds is 19. The van der Waals surface area contributed by atoms with Crippen molar-refractivity contribution in [2.75, 3.05) is 16.8 Å². The fraction of sp³-hybridized carbons (Fsp3) is 0.679. The van der Waals surface area contributed by atoms with Crippen molar-refractivity contribution in [1.82, 2.24) is 15.0 Å². The number of anilines is 1. The summed E-state index contributed by atoms with van der Waals surface area (Å²) < 4.78 is 0. The summed E-state index contributed by atoms with van der Waals surface area (Å²) in [6.45, 7) is 9.00. The van der Waals surface area contributed by atoms with E-state index in [9.17, 15) is 5.11 Å². The maximum absolute atomic E-state index is 10.1. The second-order valence-electron chi connectivity index (χ2n) is 9.39. The Balaban J connectivity index is 1.94. The van der Waals surface area contributed by atoms with Crippen LogP contribution in [0.25, 0.3) is 0 Å². The smallest absolute Gasteiger partial charge is 0.227 e. The lowest BCUT2D eigenvalue weighted by molar-refractivity contribution is 0.466. The minimum Gasteiger partial charge on any atom is -0.507 e. The number of hydrogen-bond acceptors (Lipinski definition) is 7. The van der Waals surface area contributed by atoms with Gasteiger partial charge in [-0.05, 0) is 43.4 Å². The van der Waals surface area contributed by atoms with Gasteiger partial charge in [0.15, 0.2) is 10.3 Å². The summed E-state index contributed by atoms with van der Waals surface area (Å²) in [7, 11) is 0. The second kappa shape index (κ2) is 17.9. The number of phenolic OH excluding ortho intramolecular Hbond substituents is 1. The Morgan fingerprint density at radius 3 is 1.63 bits per heavy atom. The second-order valence-corrected chi connectivity index (χ2v) is 11.5. The van der Waals surface area contributed by atoms with Crippen molar-refractivity contribution in [3.05, 3.63) is 28.8 Å². The molecule has 0 saturated heterocycles. The predicted molar refractivity (Wildman–Crippen MR) is 153 cm³/mol. The van der Waals surface area contributed by atoms with Crippen molar-refractivity contribution in [2.24, 2.45) is 0 Å². The van der Waals surface area contributed by atoms with Gasteiger partial charge in [0.2, 0.25) is 5.95 Å². The van der Waals surface area contributed by atoms with Crippen LogP contribution in [0.3, 0.4) is 0 Å². The van der Waals surface area contributed by atoms with Crippen LogP contribution >= 0.6 is 23.5 Å². The lowest BCUT2D eigenvalue weighted by Crippen LogP contribution is -2.07. The third-order valence-corrected chi connectivity index (χ3v) is 7.92. The SMILES string of the molecule is CCCCCCCCSc1nc(NCc2cc(C)c(O)c(C)c2)nc(SCCCCCCCC)n1. The zero-order valence-corrected chi connectivity index (χ0v) is 24.0. The Bertz CT molecular complexity index is 804. The van der Waals surface area contributed by atoms with E-state index in [4.69, 9.17) is 15.0 Å². The van der Waals surface area contributed by atoms with Crippen LogP contribution in [0.2, 0.25) is 0 Å². The van der Waals surface area contributed by atoms with Crippen LogP contribution in [0.1, 0.15) is 108 Å². The number of phenols is 1. The summed E-state index contributed by atoms with van der Waals surface area (Å²) in [5.74, 6) is 3.11. The third-order valence-electron chi connectivity index (χ3n) is 6.05. The summed E-state index contributed by atoms with van der Waals surface area (Å²) in [5, 5.41) is 15.1. The van der Waals surface area contributed by atoms with Gasteiger partial charge in [0.05, 0.1) is 0 Å². The number of aromatic hydroxyl groups is 1. The Kier molecular flexibility index (Phi) is 15.2. The van der Waals surface area contributed by atoms with Crippen molar-refractivity contribution in [3.8, 4) is 5.75 Å². The molecule has 5 nitrogen and oxygen atoms in total. The van der Waals surface area contributed by atoms with Crippen LogP contribution in [0.4, 0.5) is 5.95 Å². The molecule has 1 heterocycles. The molecule has 35 heavy (non-hydrogen) atoms. The number of hydrogen-bond donors (Lipinski definition) is 2. The number of nitrogens with one attached hydrogen (secondary N) is 1. The van der Waals surface area contributed by atoms with E-state index in [1.165, 1.54) is 77.0 Å². The van der Waals surface area contributed by atoms with Crippen molar-refractivity contribution >= 4 is 29.5 Å². The quantitative estimate of drug-likeness (QED) is 0.142. The van der Waals surface area contributed by atoms with Crippen LogP contribution in [0.5, 0.6) is 5.75 Å². The molecule has 0 atom stereocenters. The maximum Gasteiger partial charge on any atom is 0.227 e. The van der Waals surface area contributed by atoms with Gasteiger partial charge in [-0.1, -0.05) is 114 Å².